The van der Waals surface area contributed by atoms with Gasteiger partial charge >= 0.3 is 0 Å². The van der Waals surface area contributed by atoms with Crippen molar-refractivity contribution >= 4 is 10.0 Å². The average molecular weight is 338 g/mol. The van der Waals surface area contributed by atoms with Crippen molar-refractivity contribution in [3.05, 3.63) is 41.3 Å². The smallest absolute Gasteiger partial charge is 0.246 e. The highest BCUT2D eigenvalue weighted by atomic mass is 32.2. The van der Waals surface area contributed by atoms with E-state index < -0.39 is 10.0 Å². The van der Waals surface area contributed by atoms with E-state index in [0.717, 1.165) is 11.3 Å². The van der Waals surface area contributed by atoms with E-state index in [1.54, 1.807) is 13.8 Å². The van der Waals surface area contributed by atoms with Gasteiger partial charge in [-0.15, -0.1) is 0 Å². The van der Waals surface area contributed by atoms with Gasteiger partial charge in [-0.2, -0.15) is 0 Å². The lowest BCUT2D eigenvalue weighted by Gasteiger charge is -2.10. The summed E-state index contributed by atoms with van der Waals surface area (Å²) < 4.78 is 37.7. The molecule has 0 bridgehead atoms. The van der Waals surface area contributed by atoms with Crippen LogP contribution in [0.3, 0.4) is 0 Å². The summed E-state index contributed by atoms with van der Waals surface area (Å²) >= 11 is 0. The van der Waals surface area contributed by atoms with E-state index in [1.165, 1.54) is 0 Å². The van der Waals surface area contributed by atoms with Crippen LogP contribution >= 0.6 is 0 Å². The molecule has 0 saturated carbocycles. The number of rotatable bonds is 7. The molecule has 6 nitrogen and oxygen atoms in total. The summed E-state index contributed by atoms with van der Waals surface area (Å²) in [5.74, 6) is 1.51. The van der Waals surface area contributed by atoms with Gasteiger partial charge in [0.25, 0.3) is 0 Å². The summed E-state index contributed by atoms with van der Waals surface area (Å²) in [4.78, 5) is 0.106. The standard InChI is InChI=1S/C16H22N2O4S/c1-11(2)10-21-15-7-5-14(6-8-15)9-17-23(19,20)16-12(3)18-22-13(16)4/h5-8,11,17H,9-10H2,1-4H3. The van der Waals surface area contributed by atoms with Gasteiger partial charge in [0.15, 0.2) is 5.76 Å². The van der Waals surface area contributed by atoms with Crippen molar-refractivity contribution < 1.29 is 17.7 Å². The number of hydrogen-bond donors (Lipinski definition) is 1. The summed E-state index contributed by atoms with van der Waals surface area (Å²) in [7, 11) is -3.65. The predicted molar refractivity (Wildman–Crippen MR) is 86.8 cm³/mol. The second kappa shape index (κ2) is 7.14. The molecule has 1 heterocycles. The van der Waals surface area contributed by atoms with Crippen LogP contribution in [-0.4, -0.2) is 20.2 Å². The predicted octanol–water partition coefficient (Wildman–Crippen LogP) is 2.80. The first kappa shape index (κ1) is 17.5. The number of aromatic nitrogens is 1. The van der Waals surface area contributed by atoms with Crippen molar-refractivity contribution in [1.82, 2.24) is 9.88 Å². The number of ether oxygens (including phenoxy) is 1. The van der Waals surface area contributed by atoms with Crippen LogP contribution in [0.5, 0.6) is 5.75 Å². The Balaban J connectivity index is 2.00. The van der Waals surface area contributed by atoms with Crippen molar-refractivity contribution in [2.45, 2.75) is 39.1 Å². The molecular formula is C16H22N2O4S. The van der Waals surface area contributed by atoms with Crippen LogP contribution < -0.4 is 9.46 Å². The minimum absolute atomic E-state index is 0.106. The Morgan fingerprint density at radius 2 is 1.87 bits per heavy atom. The van der Waals surface area contributed by atoms with Crippen molar-refractivity contribution in [1.29, 1.82) is 0 Å². The number of aryl methyl sites for hydroxylation is 2. The van der Waals surface area contributed by atoms with Crippen molar-refractivity contribution in [2.24, 2.45) is 5.92 Å². The molecular weight excluding hydrogens is 316 g/mol. The molecule has 0 atom stereocenters. The van der Waals surface area contributed by atoms with E-state index in [-0.39, 0.29) is 17.2 Å². The Hall–Kier alpha value is -1.86. The fraction of sp³-hybridized carbons (Fsp3) is 0.438. The molecule has 7 heteroatoms. The van der Waals surface area contributed by atoms with Crippen LogP contribution in [0.4, 0.5) is 0 Å². The molecule has 0 aliphatic rings. The normalized spacial score (nSPS) is 11.9. The fourth-order valence-electron chi connectivity index (χ4n) is 2.08. The Kier molecular flexibility index (Phi) is 5.43. The lowest BCUT2D eigenvalue weighted by molar-refractivity contribution is 0.271. The quantitative estimate of drug-likeness (QED) is 0.839. The van der Waals surface area contributed by atoms with Gasteiger partial charge in [-0.05, 0) is 37.5 Å². The van der Waals surface area contributed by atoms with Crippen LogP contribution in [0, 0.1) is 19.8 Å². The molecule has 1 aromatic heterocycles. The minimum Gasteiger partial charge on any atom is -0.493 e. The highest BCUT2D eigenvalue weighted by Crippen LogP contribution is 2.19. The summed E-state index contributed by atoms with van der Waals surface area (Å²) in [6, 6.07) is 7.35. The molecule has 126 valence electrons. The fourth-order valence-corrected chi connectivity index (χ4v) is 3.42. The van der Waals surface area contributed by atoms with Gasteiger partial charge in [-0.25, -0.2) is 13.1 Å². The molecule has 1 aromatic carbocycles. The zero-order valence-electron chi connectivity index (χ0n) is 13.8. The highest BCUT2D eigenvalue weighted by Gasteiger charge is 2.23. The van der Waals surface area contributed by atoms with Gasteiger partial charge < -0.3 is 9.26 Å². The van der Waals surface area contributed by atoms with Crippen LogP contribution in [-0.2, 0) is 16.6 Å². The van der Waals surface area contributed by atoms with E-state index in [0.29, 0.717) is 18.2 Å². The van der Waals surface area contributed by atoms with Crippen LogP contribution in [0.25, 0.3) is 0 Å². The minimum atomic E-state index is -3.65. The number of hydrogen-bond acceptors (Lipinski definition) is 5. The number of sulfonamides is 1. The van der Waals surface area contributed by atoms with Crippen molar-refractivity contribution in [2.75, 3.05) is 6.61 Å². The number of nitrogens with one attached hydrogen (secondary N) is 1. The van der Waals surface area contributed by atoms with E-state index in [2.05, 4.69) is 23.7 Å². The maximum Gasteiger partial charge on any atom is 0.246 e. The summed E-state index contributed by atoms with van der Waals surface area (Å²) in [5, 5.41) is 3.67. The maximum absolute atomic E-state index is 12.3. The summed E-state index contributed by atoms with van der Waals surface area (Å²) in [6.45, 7) is 8.19. The first-order valence-corrected chi connectivity index (χ1v) is 8.92. The van der Waals surface area contributed by atoms with Gasteiger partial charge in [-0.3, -0.25) is 0 Å². The lowest BCUT2D eigenvalue weighted by Crippen LogP contribution is -2.24. The van der Waals surface area contributed by atoms with Gasteiger partial charge in [0.2, 0.25) is 10.0 Å². The summed E-state index contributed by atoms with van der Waals surface area (Å²) in [6.07, 6.45) is 0. The lowest BCUT2D eigenvalue weighted by atomic mass is 10.2. The molecule has 0 aliphatic carbocycles. The third-order valence-corrected chi connectivity index (χ3v) is 4.85. The van der Waals surface area contributed by atoms with Crippen LogP contribution in [0.15, 0.2) is 33.7 Å². The molecule has 0 unspecified atom stereocenters. The molecule has 0 aliphatic heterocycles. The molecule has 23 heavy (non-hydrogen) atoms. The molecule has 0 fully saturated rings. The molecule has 2 aromatic rings. The molecule has 1 N–H and O–H groups in total. The number of nitrogens with zero attached hydrogens (tertiary/aromatic N) is 1. The topological polar surface area (TPSA) is 81.4 Å². The maximum atomic E-state index is 12.3. The van der Waals surface area contributed by atoms with Gasteiger partial charge in [0, 0.05) is 6.54 Å². The second-order valence-electron chi connectivity index (χ2n) is 5.83. The zero-order chi connectivity index (χ0) is 17.0. The highest BCUT2D eigenvalue weighted by molar-refractivity contribution is 7.89. The Morgan fingerprint density at radius 3 is 2.39 bits per heavy atom. The Morgan fingerprint density at radius 1 is 1.22 bits per heavy atom. The third-order valence-electron chi connectivity index (χ3n) is 3.21. The second-order valence-corrected chi connectivity index (χ2v) is 7.53. The van der Waals surface area contributed by atoms with Crippen molar-refractivity contribution in [3.8, 4) is 5.75 Å². The van der Waals surface area contributed by atoms with E-state index >= 15 is 0 Å². The average Bonchev–Trinajstić information content (AvgIpc) is 2.84. The monoisotopic (exact) mass is 338 g/mol. The van der Waals surface area contributed by atoms with Gasteiger partial charge in [0.1, 0.15) is 16.3 Å². The van der Waals surface area contributed by atoms with E-state index in [4.69, 9.17) is 9.26 Å². The molecule has 0 radical (unpaired) electrons. The molecule has 0 saturated heterocycles. The molecule has 2 rings (SSSR count). The van der Waals surface area contributed by atoms with Crippen LogP contribution in [0.1, 0.15) is 30.9 Å². The zero-order valence-corrected chi connectivity index (χ0v) is 14.6. The van der Waals surface area contributed by atoms with Crippen LogP contribution in [0.2, 0.25) is 0 Å². The largest absolute Gasteiger partial charge is 0.493 e. The Labute approximate surface area is 136 Å². The first-order chi connectivity index (χ1) is 10.8. The molecule has 0 spiro atoms. The summed E-state index contributed by atoms with van der Waals surface area (Å²) in [5.41, 5.74) is 1.20. The van der Waals surface area contributed by atoms with Gasteiger partial charge in [-0.1, -0.05) is 31.1 Å². The SMILES string of the molecule is Cc1noc(C)c1S(=O)(=O)NCc1ccc(OCC(C)C)cc1. The third kappa shape index (κ3) is 4.56. The Bertz CT molecular complexity index is 729. The van der Waals surface area contributed by atoms with E-state index in [9.17, 15) is 8.42 Å². The first-order valence-electron chi connectivity index (χ1n) is 7.44. The molecule has 0 amide bonds. The van der Waals surface area contributed by atoms with Gasteiger partial charge in [0.05, 0.1) is 6.61 Å². The van der Waals surface area contributed by atoms with Crippen molar-refractivity contribution in [3.63, 3.8) is 0 Å². The van der Waals surface area contributed by atoms with E-state index in [1.807, 2.05) is 24.3 Å². The number of benzene rings is 1.